The van der Waals surface area contributed by atoms with Crippen LogP contribution >= 0.6 is 0 Å². The topological polar surface area (TPSA) is 62.0 Å². The zero-order chi connectivity index (χ0) is 24.0. The van der Waals surface area contributed by atoms with Gasteiger partial charge in [0, 0.05) is 38.3 Å². The van der Waals surface area contributed by atoms with Gasteiger partial charge in [-0.1, -0.05) is 53.7 Å². The molecule has 3 aromatic rings. The standard InChI is InChI=1S/C29H37N3O3/c1-22-10-6-7-13-27(22)34-21-25(33)19-31(18-23-14-15-23)20-26-28(24-11-4-2-5-12-24)30-35-29(26)32-16-8-3-9-17-32/h2,4-7,10-13,23,25,33H,3,8-9,14-21H2,1H3. The van der Waals surface area contributed by atoms with Crippen LogP contribution in [0.25, 0.3) is 11.3 Å². The van der Waals surface area contributed by atoms with Crippen LogP contribution in [0.15, 0.2) is 59.1 Å². The Morgan fingerprint density at radius 1 is 1.06 bits per heavy atom. The summed E-state index contributed by atoms with van der Waals surface area (Å²) in [6, 6.07) is 18.3. The molecule has 2 aromatic carbocycles. The van der Waals surface area contributed by atoms with Gasteiger partial charge in [-0.15, -0.1) is 0 Å². The zero-order valence-electron chi connectivity index (χ0n) is 20.7. The predicted octanol–water partition coefficient (Wildman–Crippen LogP) is 5.29. The van der Waals surface area contributed by atoms with Crippen molar-refractivity contribution >= 4 is 5.88 Å². The minimum absolute atomic E-state index is 0.278. The van der Waals surface area contributed by atoms with E-state index in [1.54, 1.807) is 0 Å². The van der Waals surface area contributed by atoms with Crippen molar-refractivity contribution in [1.82, 2.24) is 10.1 Å². The molecule has 0 radical (unpaired) electrons. The van der Waals surface area contributed by atoms with E-state index in [9.17, 15) is 5.11 Å². The van der Waals surface area contributed by atoms with E-state index in [2.05, 4.69) is 27.1 Å². The lowest BCUT2D eigenvalue weighted by Crippen LogP contribution is -2.37. The van der Waals surface area contributed by atoms with Gasteiger partial charge in [-0.05, 0) is 56.6 Å². The van der Waals surface area contributed by atoms with E-state index in [1.807, 2.05) is 49.4 Å². The number of aliphatic hydroxyl groups excluding tert-OH is 1. The molecule has 186 valence electrons. The fourth-order valence-corrected chi connectivity index (χ4v) is 4.96. The first kappa shape index (κ1) is 23.9. The van der Waals surface area contributed by atoms with E-state index < -0.39 is 6.10 Å². The summed E-state index contributed by atoms with van der Waals surface area (Å²) in [5, 5.41) is 15.5. The number of aromatic nitrogens is 1. The monoisotopic (exact) mass is 475 g/mol. The minimum Gasteiger partial charge on any atom is -0.491 e. The summed E-state index contributed by atoms with van der Waals surface area (Å²) in [6.45, 7) is 6.55. The summed E-state index contributed by atoms with van der Waals surface area (Å²) < 4.78 is 11.9. The van der Waals surface area contributed by atoms with E-state index in [0.717, 1.165) is 53.7 Å². The Morgan fingerprint density at radius 3 is 2.54 bits per heavy atom. The zero-order valence-corrected chi connectivity index (χ0v) is 20.7. The number of para-hydroxylation sites is 1. The number of rotatable bonds is 11. The maximum atomic E-state index is 10.9. The lowest BCUT2D eigenvalue weighted by Gasteiger charge is -2.29. The number of piperidine rings is 1. The minimum atomic E-state index is -0.577. The second-order valence-corrected chi connectivity index (χ2v) is 10.1. The van der Waals surface area contributed by atoms with Crippen molar-refractivity contribution < 1.29 is 14.4 Å². The molecule has 2 heterocycles. The number of benzene rings is 2. The fourth-order valence-electron chi connectivity index (χ4n) is 4.96. The van der Waals surface area contributed by atoms with Gasteiger partial charge in [0.25, 0.3) is 0 Å². The molecule has 1 N–H and O–H groups in total. The molecule has 6 nitrogen and oxygen atoms in total. The van der Waals surface area contributed by atoms with Gasteiger partial charge in [0.15, 0.2) is 0 Å². The van der Waals surface area contributed by atoms with E-state index in [0.29, 0.717) is 19.0 Å². The molecule has 1 saturated heterocycles. The van der Waals surface area contributed by atoms with Gasteiger partial charge in [-0.2, -0.15) is 0 Å². The van der Waals surface area contributed by atoms with E-state index >= 15 is 0 Å². The molecule has 1 saturated carbocycles. The third-order valence-electron chi connectivity index (χ3n) is 7.05. The van der Waals surface area contributed by atoms with Crippen molar-refractivity contribution in [1.29, 1.82) is 0 Å². The Balaban J connectivity index is 1.34. The Bertz CT molecular complexity index is 1070. The van der Waals surface area contributed by atoms with E-state index in [-0.39, 0.29) is 6.61 Å². The molecule has 2 aliphatic rings. The van der Waals surface area contributed by atoms with E-state index in [4.69, 9.17) is 9.26 Å². The highest BCUT2D eigenvalue weighted by Gasteiger charge is 2.30. The van der Waals surface area contributed by atoms with Crippen LogP contribution in [-0.4, -0.2) is 54.1 Å². The van der Waals surface area contributed by atoms with Crippen LogP contribution in [0.2, 0.25) is 0 Å². The number of ether oxygens (including phenoxy) is 1. The highest BCUT2D eigenvalue weighted by molar-refractivity contribution is 5.68. The molecule has 0 amide bonds. The summed E-state index contributed by atoms with van der Waals surface area (Å²) in [5.41, 5.74) is 4.20. The molecule has 1 aliphatic heterocycles. The summed E-state index contributed by atoms with van der Waals surface area (Å²) in [5.74, 6) is 2.44. The van der Waals surface area contributed by atoms with Gasteiger partial charge in [0.1, 0.15) is 24.2 Å². The van der Waals surface area contributed by atoms with Crippen molar-refractivity contribution in [3.8, 4) is 17.0 Å². The highest BCUT2D eigenvalue weighted by atomic mass is 16.5. The van der Waals surface area contributed by atoms with Crippen LogP contribution in [-0.2, 0) is 6.54 Å². The van der Waals surface area contributed by atoms with Crippen LogP contribution in [0.3, 0.4) is 0 Å². The third-order valence-corrected chi connectivity index (χ3v) is 7.05. The fraction of sp³-hybridized carbons (Fsp3) is 0.483. The van der Waals surface area contributed by atoms with Crippen LogP contribution in [0.5, 0.6) is 5.75 Å². The number of hydrogen-bond acceptors (Lipinski definition) is 6. The molecule has 1 atom stereocenters. The van der Waals surface area contributed by atoms with Crippen LogP contribution in [0.1, 0.15) is 43.2 Å². The first-order valence-corrected chi connectivity index (χ1v) is 13.0. The summed E-state index contributed by atoms with van der Waals surface area (Å²) >= 11 is 0. The molecule has 6 heteroatoms. The SMILES string of the molecule is Cc1ccccc1OCC(O)CN(Cc1c(-c2ccccc2)noc1N1CCCCC1)CC1CC1. The second kappa shape index (κ2) is 11.3. The van der Waals surface area contributed by atoms with Crippen LogP contribution in [0, 0.1) is 12.8 Å². The molecule has 0 bridgehead atoms. The van der Waals surface area contributed by atoms with Gasteiger partial charge in [0.2, 0.25) is 5.88 Å². The number of nitrogens with zero attached hydrogens (tertiary/aromatic N) is 3. The smallest absolute Gasteiger partial charge is 0.232 e. The van der Waals surface area contributed by atoms with Gasteiger partial charge in [0.05, 0.1) is 5.56 Å². The maximum absolute atomic E-state index is 10.9. The molecule has 0 spiro atoms. The average Bonchev–Trinajstić information content (AvgIpc) is 3.61. The summed E-state index contributed by atoms with van der Waals surface area (Å²) in [6.07, 6.45) is 5.59. The Hall–Kier alpha value is -2.83. The largest absolute Gasteiger partial charge is 0.491 e. The van der Waals surface area contributed by atoms with E-state index in [1.165, 1.54) is 32.1 Å². The first-order chi connectivity index (χ1) is 17.2. The van der Waals surface area contributed by atoms with Gasteiger partial charge < -0.3 is 19.3 Å². The number of hydrogen-bond donors (Lipinski definition) is 1. The molecular formula is C29H37N3O3. The van der Waals surface area contributed by atoms with Crippen molar-refractivity contribution in [2.45, 2.75) is 51.7 Å². The average molecular weight is 476 g/mol. The number of anilines is 1. The molecule has 1 aromatic heterocycles. The second-order valence-electron chi connectivity index (χ2n) is 10.1. The van der Waals surface area contributed by atoms with Gasteiger partial charge in [-0.3, -0.25) is 4.90 Å². The Morgan fingerprint density at radius 2 is 1.80 bits per heavy atom. The number of aliphatic hydroxyl groups is 1. The molecule has 1 aliphatic carbocycles. The van der Waals surface area contributed by atoms with Crippen molar-refractivity contribution in [2.75, 3.05) is 37.7 Å². The van der Waals surface area contributed by atoms with Crippen molar-refractivity contribution in [3.63, 3.8) is 0 Å². The Kier molecular flexibility index (Phi) is 7.69. The summed E-state index contributed by atoms with van der Waals surface area (Å²) in [4.78, 5) is 4.72. The lowest BCUT2D eigenvalue weighted by atomic mass is 10.1. The van der Waals surface area contributed by atoms with Gasteiger partial charge >= 0.3 is 0 Å². The Labute approximate surface area is 208 Å². The molecule has 5 rings (SSSR count). The lowest BCUT2D eigenvalue weighted by molar-refractivity contribution is 0.0637. The van der Waals surface area contributed by atoms with Crippen LogP contribution < -0.4 is 9.64 Å². The van der Waals surface area contributed by atoms with Crippen molar-refractivity contribution in [3.05, 3.63) is 65.7 Å². The maximum Gasteiger partial charge on any atom is 0.232 e. The van der Waals surface area contributed by atoms with Gasteiger partial charge in [-0.25, -0.2) is 0 Å². The summed E-state index contributed by atoms with van der Waals surface area (Å²) in [7, 11) is 0. The normalized spacial score (nSPS) is 17.1. The third kappa shape index (κ3) is 6.24. The molecule has 2 fully saturated rings. The molecular weight excluding hydrogens is 438 g/mol. The highest BCUT2D eigenvalue weighted by Crippen LogP contribution is 2.36. The van der Waals surface area contributed by atoms with Crippen LogP contribution in [0.4, 0.5) is 5.88 Å². The van der Waals surface area contributed by atoms with Crippen molar-refractivity contribution in [2.24, 2.45) is 5.92 Å². The number of aryl methyl sites for hydroxylation is 1. The molecule has 1 unspecified atom stereocenters. The quantitative estimate of drug-likeness (QED) is 0.406. The first-order valence-electron chi connectivity index (χ1n) is 13.0. The predicted molar refractivity (Wildman–Crippen MR) is 139 cm³/mol. The molecule has 35 heavy (non-hydrogen) atoms.